The molecule has 5 heteroatoms. The van der Waals surface area contributed by atoms with E-state index in [1.165, 1.54) is 11.0 Å². The molecule has 0 saturated carbocycles. The van der Waals surface area contributed by atoms with E-state index < -0.39 is 12.0 Å². The van der Waals surface area contributed by atoms with Crippen molar-refractivity contribution in [3.8, 4) is 12.3 Å². The largest absolute Gasteiger partial charge is 0.480 e. The number of carboxylic acids is 1. The van der Waals surface area contributed by atoms with Gasteiger partial charge in [0, 0.05) is 17.7 Å². The standard InChI is InChI=1S/C14H12ClNO3/c1-2-9-5-6-10(8-11(9)15)13(17)16-7-3-4-12(16)14(18)19/h1,5-6,8,12H,3-4,7H2,(H,18,19). The number of amides is 1. The number of aliphatic carboxylic acids is 1. The van der Waals surface area contributed by atoms with Crippen LogP contribution in [0.1, 0.15) is 28.8 Å². The van der Waals surface area contributed by atoms with E-state index in [1.807, 2.05) is 0 Å². The molecule has 1 saturated heterocycles. The van der Waals surface area contributed by atoms with Crippen LogP contribution in [0.5, 0.6) is 0 Å². The van der Waals surface area contributed by atoms with Crippen molar-refractivity contribution in [1.29, 1.82) is 0 Å². The van der Waals surface area contributed by atoms with Gasteiger partial charge in [-0.05, 0) is 31.0 Å². The quantitative estimate of drug-likeness (QED) is 0.842. The summed E-state index contributed by atoms with van der Waals surface area (Å²) in [6, 6.07) is 3.89. The molecule has 1 heterocycles. The van der Waals surface area contributed by atoms with Crippen molar-refractivity contribution in [3.63, 3.8) is 0 Å². The average Bonchev–Trinajstić information content (AvgIpc) is 2.87. The third-order valence-electron chi connectivity index (χ3n) is 3.17. The van der Waals surface area contributed by atoms with Crippen LogP contribution in [0.15, 0.2) is 18.2 Å². The molecular formula is C14H12ClNO3. The Kier molecular flexibility index (Phi) is 3.77. The number of likely N-dealkylation sites (tertiary alicyclic amines) is 1. The molecule has 0 aliphatic carbocycles. The van der Waals surface area contributed by atoms with Crippen molar-refractivity contribution >= 4 is 23.5 Å². The number of hydrogen-bond acceptors (Lipinski definition) is 2. The summed E-state index contributed by atoms with van der Waals surface area (Å²) in [6.07, 6.45) is 6.43. The number of terminal acetylenes is 1. The molecule has 0 radical (unpaired) electrons. The molecule has 1 atom stereocenters. The van der Waals surface area contributed by atoms with E-state index in [9.17, 15) is 9.59 Å². The zero-order chi connectivity index (χ0) is 14.0. The summed E-state index contributed by atoms with van der Waals surface area (Å²) in [7, 11) is 0. The van der Waals surface area contributed by atoms with Crippen molar-refractivity contribution in [2.45, 2.75) is 18.9 Å². The van der Waals surface area contributed by atoms with Gasteiger partial charge in [0.1, 0.15) is 6.04 Å². The number of rotatable bonds is 2. The van der Waals surface area contributed by atoms with Crippen LogP contribution in [0.25, 0.3) is 0 Å². The monoisotopic (exact) mass is 277 g/mol. The van der Waals surface area contributed by atoms with Crippen molar-refractivity contribution in [2.75, 3.05) is 6.54 Å². The Bertz CT molecular complexity index is 577. The van der Waals surface area contributed by atoms with Gasteiger partial charge in [0.25, 0.3) is 5.91 Å². The second kappa shape index (κ2) is 5.33. The number of carboxylic acid groups (broad SMARTS) is 1. The predicted octanol–water partition coefficient (Wildman–Crippen LogP) is 2.01. The summed E-state index contributed by atoms with van der Waals surface area (Å²) >= 11 is 5.95. The minimum absolute atomic E-state index is 0.319. The highest BCUT2D eigenvalue weighted by Gasteiger charge is 2.34. The fourth-order valence-electron chi connectivity index (χ4n) is 2.20. The van der Waals surface area contributed by atoms with E-state index in [-0.39, 0.29) is 5.91 Å². The lowest BCUT2D eigenvalue weighted by Gasteiger charge is -2.21. The molecule has 1 aliphatic rings. The lowest BCUT2D eigenvalue weighted by molar-refractivity contribution is -0.141. The molecule has 1 N–H and O–H groups in total. The van der Waals surface area contributed by atoms with E-state index in [0.29, 0.717) is 35.5 Å². The molecule has 19 heavy (non-hydrogen) atoms. The molecule has 0 bridgehead atoms. The van der Waals surface area contributed by atoms with E-state index in [4.69, 9.17) is 23.1 Å². The average molecular weight is 278 g/mol. The lowest BCUT2D eigenvalue weighted by Crippen LogP contribution is -2.40. The van der Waals surface area contributed by atoms with Crippen LogP contribution in [0.4, 0.5) is 0 Å². The van der Waals surface area contributed by atoms with Gasteiger partial charge in [-0.2, -0.15) is 0 Å². The lowest BCUT2D eigenvalue weighted by atomic mass is 10.1. The maximum atomic E-state index is 12.3. The Hall–Kier alpha value is -1.99. The summed E-state index contributed by atoms with van der Waals surface area (Å²) < 4.78 is 0. The van der Waals surface area contributed by atoms with Gasteiger partial charge in [0.05, 0.1) is 5.02 Å². The fraction of sp³-hybridized carbons (Fsp3) is 0.286. The Morgan fingerprint density at radius 3 is 2.79 bits per heavy atom. The summed E-state index contributed by atoms with van der Waals surface area (Å²) in [5.74, 6) is 1.11. The molecule has 1 unspecified atom stereocenters. The van der Waals surface area contributed by atoms with Crippen LogP contribution in [-0.2, 0) is 4.79 Å². The number of halogens is 1. The zero-order valence-corrected chi connectivity index (χ0v) is 10.9. The van der Waals surface area contributed by atoms with E-state index in [1.54, 1.807) is 12.1 Å². The Morgan fingerprint density at radius 2 is 2.21 bits per heavy atom. The second-order valence-electron chi connectivity index (χ2n) is 4.33. The van der Waals surface area contributed by atoms with Gasteiger partial charge in [0.15, 0.2) is 0 Å². The van der Waals surface area contributed by atoms with Crippen LogP contribution >= 0.6 is 11.6 Å². The Morgan fingerprint density at radius 1 is 1.47 bits per heavy atom. The summed E-state index contributed by atoms with van der Waals surface area (Å²) in [4.78, 5) is 24.7. The second-order valence-corrected chi connectivity index (χ2v) is 4.74. The topological polar surface area (TPSA) is 57.6 Å². The maximum absolute atomic E-state index is 12.3. The van der Waals surface area contributed by atoms with Gasteiger partial charge >= 0.3 is 5.97 Å². The minimum Gasteiger partial charge on any atom is -0.480 e. The normalized spacial score (nSPS) is 18.1. The highest BCUT2D eigenvalue weighted by molar-refractivity contribution is 6.32. The van der Waals surface area contributed by atoms with Crippen molar-refractivity contribution in [1.82, 2.24) is 4.90 Å². The maximum Gasteiger partial charge on any atom is 0.326 e. The Labute approximate surface area is 116 Å². The van der Waals surface area contributed by atoms with Crippen LogP contribution in [0.3, 0.4) is 0 Å². The number of nitrogens with zero attached hydrogens (tertiary/aromatic N) is 1. The van der Waals surface area contributed by atoms with Crippen molar-refractivity contribution < 1.29 is 14.7 Å². The highest BCUT2D eigenvalue weighted by Crippen LogP contribution is 2.23. The molecule has 0 spiro atoms. The van der Waals surface area contributed by atoms with Gasteiger partial charge in [-0.15, -0.1) is 6.42 Å². The molecular weight excluding hydrogens is 266 g/mol. The first-order valence-corrected chi connectivity index (χ1v) is 6.22. The smallest absolute Gasteiger partial charge is 0.326 e. The first-order valence-electron chi connectivity index (χ1n) is 5.84. The number of hydrogen-bond donors (Lipinski definition) is 1. The number of carbonyl (C=O) groups is 2. The molecule has 4 nitrogen and oxygen atoms in total. The third kappa shape index (κ3) is 2.56. The molecule has 1 aliphatic heterocycles. The van der Waals surface area contributed by atoms with Gasteiger partial charge in [0.2, 0.25) is 0 Å². The molecule has 2 rings (SSSR count). The van der Waals surface area contributed by atoms with Crippen LogP contribution in [0.2, 0.25) is 5.02 Å². The van der Waals surface area contributed by atoms with Crippen LogP contribution in [0, 0.1) is 12.3 Å². The van der Waals surface area contributed by atoms with Gasteiger partial charge in [-0.3, -0.25) is 4.79 Å². The number of carbonyl (C=O) groups excluding carboxylic acids is 1. The third-order valence-corrected chi connectivity index (χ3v) is 3.48. The fourth-order valence-corrected chi connectivity index (χ4v) is 2.43. The van der Waals surface area contributed by atoms with Crippen LogP contribution in [-0.4, -0.2) is 34.5 Å². The highest BCUT2D eigenvalue weighted by atomic mass is 35.5. The zero-order valence-electron chi connectivity index (χ0n) is 10.1. The predicted molar refractivity (Wildman–Crippen MR) is 71.1 cm³/mol. The summed E-state index contributed by atoms with van der Waals surface area (Å²) in [5, 5.41) is 9.39. The number of benzene rings is 1. The van der Waals surface area contributed by atoms with E-state index >= 15 is 0 Å². The van der Waals surface area contributed by atoms with E-state index in [2.05, 4.69) is 5.92 Å². The first-order chi connectivity index (χ1) is 9.04. The molecule has 1 amide bonds. The molecule has 1 aromatic rings. The van der Waals surface area contributed by atoms with Crippen molar-refractivity contribution in [2.24, 2.45) is 0 Å². The SMILES string of the molecule is C#Cc1ccc(C(=O)N2CCCC2C(=O)O)cc1Cl. The van der Waals surface area contributed by atoms with Gasteiger partial charge in [-0.1, -0.05) is 17.5 Å². The minimum atomic E-state index is -0.975. The van der Waals surface area contributed by atoms with Gasteiger partial charge < -0.3 is 10.0 Å². The van der Waals surface area contributed by atoms with Crippen LogP contribution < -0.4 is 0 Å². The Balaban J connectivity index is 2.27. The molecule has 0 aromatic heterocycles. The summed E-state index contributed by atoms with van der Waals surface area (Å²) in [6.45, 7) is 0.449. The molecule has 98 valence electrons. The summed E-state index contributed by atoms with van der Waals surface area (Å²) in [5.41, 5.74) is 0.867. The van der Waals surface area contributed by atoms with Gasteiger partial charge in [-0.25, -0.2) is 4.79 Å². The molecule has 1 fully saturated rings. The van der Waals surface area contributed by atoms with E-state index in [0.717, 1.165) is 0 Å². The first kappa shape index (κ1) is 13.4. The molecule has 1 aromatic carbocycles. The van der Waals surface area contributed by atoms with Crippen molar-refractivity contribution in [3.05, 3.63) is 34.3 Å².